The van der Waals surface area contributed by atoms with E-state index in [2.05, 4.69) is 5.32 Å². The van der Waals surface area contributed by atoms with E-state index in [1.54, 1.807) is 41.3 Å². The van der Waals surface area contributed by atoms with Gasteiger partial charge >= 0.3 is 0 Å². The summed E-state index contributed by atoms with van der Waals surface area (Å²) in [6, 6.07) is 11.4. The summed E-state index contributed by atoms with van der Waals surface area (Å²) >= 11 is 0. The minimum absolute atomic E-state index is 0.168. The average Bonchev–Trinajstić information content (AvgIpc) is 2.59. The molecule has 0 saturated heterocycles. The van der Waals surface area contributed by atoms with Crippen LogP contribution in [0.25, 0.3) is 0 Å². The monoisotopic (exact) mass is 344 g/mol. The lowest BCUT2D eigenvalue weighted by Gasteiger charge is -2.21. The Morgan fingerprint density at radius 3 is 2.56 bits per heavy atom. The zero-order valence-electron chi connectivity index (χ0n) is 14.5. The molecule has 0 aromatic heterocycles. The van der Waals surface area contributed by atoms with Crippen molar-refractivity contribution in [2.75, 3.05) is 19.0 Å². The quantitative estimate of drug-likeness (QED) is 0.873. The van der Waals surface area contributed by atoms with E-state index >= 15 is 0 Å². The maximum atomic E-state index is 13.8. The predicted octanol–water partition coefficient (Wildman–Crippen LogP) is 3.46. The molecule has 0 unspecified atom stereocenters. The molecule has 0 spiro atoms. The SMILES string of the molecule is CCN(Cc1ccc(OC)c(F)c1)C(=O)c1cccc(NC(C)=O)c1. The van der Waals surface area contributed by atoms with Gasteiger partial charge in [-0.2, -0.15) is 0 Å². The number of hydrogen-bond acceptors (Lipinski definition) is 3. The number of carbonyl (C=O) groups is 2. The van der Waals surface area contributed by atoms with E-state index in [1.807, 2.05) is 6.92 Å². The van der Waals surface area contributed by atoms with E-state index in [9.17, 15) is 14.0 Å². The van der Waals surface area contributed by atoms with E-state index in [0.717, 1.165) is 0 Å². The lowest BCUT2D eigenvalue weighted by molar-refractivity contribution is -0.114. The lowest BCUT2D eigenvalue weighted by Crippen LogP contribution is -2.30. The number of nitrogens with one attached hydrogen (secondary N) is 1. The summed E-state index contributed by atoms with van der Waals surface area (Å²) in [6.07, 6.45) is 0. The molecule has 5 nitrogen and oxygen atoms in total. The lowest BCUT2D eigenvalue weighted by atomic mass is 10.1. The van der Waals surface area contributed by atoms with Crippen molar-refractivity contribution >= 4 is 17.5 Å². The number of methoxy groups -OCH3 is 1. The maximum absolute atomic E-state index is 13.8. The van der Waals surface area contributed by atoms with E-state index in [4.69, 9.17) is 4.74 Å². The van der Waals surface area contributed by atoms with Crippen LogP contribution in [-0.2, 0) is 11.3 Å². The molecule has 0 aliphatic carbocycles. The molecule has 2 aromatic rings. The molecule has 0 fully saturated rings. The maximum Gasteiger partial charge on any atom is 0.254 e. The van der Waals surface area contributed by atoms with Gasteiger partial charge in [-0.05, 0) is 42.8 Å². The Morgan fingerprint density at radius 2 is 1.96 bits per heavy atom. The molecule has 1 N–H and O–H groups in total. The van der Waals surface area contributed by atoms with E-state index in [1.165, 1.54) is 20.1 Å². The number of nitrogens with zero attached hydrogens (tertiary/aromatic N) is 1. The highest BCUT2D eigenvalue weighted by Crippen LogP contribution is 2.20. The number of halogens is 1. The second kappa shape index (κ2) is 8.28. The van der Waals surface area contributed by atoms with Crippen molar-refractivity contribution in [1.29, 1.82) is 0 Å². The minimum atomic E-state index is -0.462. The van der Waals surface area contributed by atoms with Crippen molar-refractivity contribution in [3.8, 4) is 5.75 Å². The van der Waals surface area contributed by atoms with Crippen LogP contribution in [0.4, 0.5) is 10.1 Å². The highest BCUT2D eigenvalue weighted by molar-refractivity contribution is 5.96. The summed E-state index contributed by atoms with van der Waals surface area (Å²) in [7, 11) is 1.40. The first-order valence-electron chi connectivity index (χ1n) is 7.94. The first kappa shape index (κ1) is 18.4. The van der Waals surface area contributed by atoms with Gasteiger partial charge in [0, 0.05) is 31.3 Å². The zero-order valence-corrected chi connectivity index (χ0v) is 14.5. The molecule has 0 bridgehead atoms. The number of amides is 2. The third kappa shape index (κ3) is 4.79. The number of anilines is 1. The van der Waals surface area contributed by atoms with Gasteiger partial charge in [-0.1, -0.05) is 12.1 Å². The molecule has 2 aromatic carbocycles. The largest absolute Gasteiger partial charge is 0.494 e. The van der Waals surface area contributed by atoms with Gasteiger partial charge < -0.3 is 15.0 Å². The second-order valence-corrected chi connectivity index (χ2v) is 5.55. The average molecular weight is 344 g/mol. The predicted molar refractivity (Wildman–Crippen MR) is 94.1 cm³/mol. The van der Waals surface area contributed by atoms with Crippen molar-refractivity contribution in [2.24, 2.45) is 0 Å². The molecule has 0 aliphatic rings. The highest BCUT2D eigenvalue weighted by atomic mass is 19.1. The first-order chi connectivity index (χ1) is 11.9. The fraction of sp³-hybridized carbons (Fsp3) is 0.263. The topological polar surface area (TPSA) is 58.6 Å². The molecule has 0 aliphatic heterocycles. The Hall–Kier alpha value is -2.89. The number of hydrogen-bond donors (Lipinski definition) is 1. The van der Waals surface area contributed by atoms with Crippen LogP contribution >= 0.6 is 0 Å². The van der Waals surface area contributed by atoms with Gasteiger partial charge in [-0.25, -0.2) is 4.39 Å². The first-order valence-corrected chi connectivity index (χ1v) is 7.94. The third-order valence-corrected chi connectivity index (χ3v) is 3.69. The molecule has 0 atom stereocenters. The van der Waals surface area contributed by atoms with Gasteiger partial charge in [0.1, 0.15) is 0 Å². The fourth-order valence-electron chi connectivity index (χ4n) is 2.47. The molecule has 0 saturated carbocycles. The Morgan fingerprint density at radius 1 is 1.20 bits per heavy atom. The van der Waals surface area contributed by atoms with Gasteiger partial charge in [0.25, 0.3) is 5.91 Å². The highest BCUT2D eigenvalue weighted by Gasteiger charge is 2.16. The standard InChI is InChI=1S/C19H21FN2O3/c1-4-22(12-14-8-9-18(25-3)17(20)10-14)19(24)15-6-5-7-16(11-15)21-13(2)23/h5-11H,4,12H2,1-3H3,(H,21,23). The number of ether oxygens (including phenoxy) is 1. The molecular weight excluding hydrogens is 323 g/mol. The van der Waals surface area contributed by atoms with Crippen LogP contribution in [0.2, 0.25) is 0 Å². The molecule has 132 valence electrons. The molecular formula is C19H21FN2O3. The Labute approximate surface area is 146 Å². The van der Waals surface area contributed by atoms with Gasteiger partial charge in [-0.3, -0.25) is 9.59 Å². The summed E-state index contributed by atoms with van der Waals surface area (Å²) < 4.78 is 18.7. The molecule has 0 radical (unpaired) electrons. The molecule has 2 rings (SSSR count). The van der Waals surface area contributed by atoms with E-state index < -0.39 is 5.82 Å². The van der Waals surface area contributed by atoms with Crippen LogP contribution in [0, 0.1) is 5.82 Å². The van der Waals surface area contributed by atoms with Gasteiger partial charge in [-0.15, -0.1) is 0 Å². The molecule has 6 heteroatoms. The van der Waals surface area contributed by atoms with Crippen LogP contribution in [-0.4, -0.2) is 30.4 Å². The van der Waals surface area contributed by atoms with Gasteiger partial charge in [0.2, 0.25) is 5.91 Å². The summed E-state index contributed by atoms with van der Waals surface area (Å²) in [4.78, 5) is 25.5. The summed E-state index contributed by atoms with van der Waals surface area (Å²) in [6.45, 7) is 4.01. The van der Waals surface area contributed by atoms with Crippen molar-refractivity contribution in [3.05, 3.63) is 59.4 Å². The third-order valence-electron chi connectivity index (χ3n) is 3.69. The second-order valence-electron chi connectivity index (χ2n) is 5.55. The van der Waals surface area contributed by atoms with Crippen LogP contribution < -0.4 is 10.1 Å². The number of benzene rings is 2. The van der Waals surface area contributed by atoms with Crippen molar-refractivity contribution in [1.82, 2.24) is 4.90 Å². The smallest absolute Gasteiger partial charge is 0.254 e. The number of carbonyl (C=O) groups excluding carboxylic acids is 2. The van der Waals surface area contributed by atoms with Crippen LogP contribution in [0.15, 0.2) is 42.5 Å². The van der Waals surface area contributed by atoms with Gasteiger partial charge in [0.15, 0.2) is 11.6 Å². The summed E-state index contributed by atoms with van der Waals surface area (Å²) in [5.74, 6) is -0.686. The Balaban J connectivity index is 2.18. The van der Waals surface area contributed by atoms with E-state index in [0.29, 0.717) is 23.4 Å². The fourth-order valence-corrected chi connectivity index (χ4v) is 2.47. The van der Waals surface area contributed by atoms with Crippen molar-refractivity contribution < 1.29 is 18.7 Å². The van der Waals surface area contributed by atoms with E-state index in [-0.39, 0.29) is 24.1 Å². The van der Waals surface area contributed by atoms with Crippen molar-refractivity contribution in [2.45, 2.75) is 20.4 Å². The molecule has 0 heterocycles. The molecule has 25 heavy (non-hydrogen) atoms. The Bertz CT molecular complexity index is 777. The van der Waals surface area contributed by atoms with Crippen LogP contribution in [0.5, 0.6) is 5.75 Å². The Kier molecular flexibility index (Phi) is 6.11. The van der Waals surface area contributed by atoms with Gasteiger partial charge in [0.05, 0.1) is 7.11 Å². The molecule has 2 amide bonds. The van der Waals surface area contributed by atoms with Crippen LogP contribution in [0.3, 0.4) is 0 Å². The normalized spacial score (nSPS) is 10.2. The minimum Gasteiger partial charge on any atom is -0.494 e. The van der Waals surface area contributed by atoms with Crippen LogP contribution in [0.1, 0.15) is 29.8 Å². The summed E-state index contributed by atoms with van der Waals surface area (Å²) in [5.41, 5.74) is 1.69. The zero-order chi connectivity index (χ0) is 18.4. The summed E-state index contributed by atoms with van der Waals surface area (Å²) in [5, 5.41) is 2.65. The van der Waals surface area contributed by atoms with Crippen molar-refractivity contribution in [3.63, 3.8) is 0 Å². The number of rotatable bonds is 6.